The van der Waals surface area contributed by atoms with E-state index in [0.29, 0.717) is 0 Å². The van der Waals surface area contributed by atoms with Crippen LogP contribution in [0.4, 0.5) is 0 Å². The molecule has 0 saturated carbocycles. The van der Waals surface area contributed by atoms with Crippen LogP contribution >= 0.6 is 0 Å². The van der Waals surface area contributed by atoms with Crippen LogP contribution < -0.4 is 5.32 Å². The third-order valence-corrected chi connectivity index (χ3v) is 2.57. The van der Waals surface area contributed by atoms with Crippen LogP contribution in [0, 0.1) is 5.92 Å². The van der Waals surface area contributed by atoms with Crippen molar-refractivity contribution in [3.05, 3.63) is 0 Å². The first kappa shape index (κ1) is 12.4. The molecule has 78 valence electrons. The number of aliphatic hydroxyl groups is 1. The molecule has 0 aliphatic heterocycles. The van der Waals surface area contributed by atoms with Gasteiger partial charge in [0.2, 0.25) is 0 Å². The molecule has 2 N–H and O–H groups in total. The molecule has 0 radical (unpaired) electrons. The normalized spacial score (nSPS) is 18.1. The lowest BCUT2D eigenvalue weighted by Gasteiger charge is -2.27. The summed E-state index contributed by atoms with van der Waals surface area (Å²) in [5.74, 6) is -0.353. The van der Waals surface area contributed by atoms with E-state index in [1.165, 1.54) is 0 Å². The molecule has 0 aromatic rings. The van der Waals surface area contributed by atoms with Crippen LogP contribution in [0.3, 0.4) is 0 Å². The smallest absolute Gasteiger partial charge is 0.252 e. The third-order valence-electron chi connectivity index (χ3n) is 2.57. The molecule has 0 fully saturated rings. The first-order valence-electron chi connectivity index (χ1n) is 4.85. The summed E-state index contributed by atoms with van der Waals surface area (Å²) in [5.41, 5.74) is -1.26. The highest BCUT2D eigenvalue weighted by molar-refractivity contribution is 5.84. The molecule has 0 heterocycles. The molecule has 1 amide bonds. The Kier molecular flexibility index (Phi) is 4.40. The molecule has 2 atom stereocenters. The second kappa shape index (κ2) is 4.61. The fourth-order valence-electron chi connectivity index (χ4n) is 0.734. The summed E-state index contributed by atoms with van der Waals surface area (Å²) >= 11 is 0. The van der Waals surface area contributed by atoms with E-state index < -0.39 is 5.60 Å². The predicted molar refractivity (Wildman–Crippen MR) is 53.4 cm³/mol. The fraction of sp³-hybridized carbons (Fsp3) is 0.900. The van der Waals surface area contributed by atoms with Crippen molar-refractivity contribution in [3.63, 3.8) is 0 Å². The Bertz CT molecular complexity index is 176. The van der Waals surface area contributed by atoms with Crippen molar-refractivity contribution in [1.82, 2.24) is 5.32 Å². The Labute approximate surface area is 80.5 Å². The number of amides is 1. The highest BCUT2D eigenvalue weighted by Gasteiger charge is 2.34. The van der Waals surface area contributed by atoms with Gasteiger partial charge in [0.25, 0.3) is 5.91 Å². The molecule has 0 saturated heterocycles. The van der Waals surface area contributed by atoms with Gasteiger partial charge in [-0.3, -0.25) is 4.79 Å². The highest BCUT2D eigenvalue weighted by Crippen LogP contribution is 2.16. The van der Waals surface area contributed by atoms with Gasteiger partial charge in [-0.05, 0) is 26.2 Å². The van der Waals surface area contributed by atoms with Crippen LogP contribution in [0.1, 0.15) is 41.0 Å². The summed E-state index contributed by atoms with van der Waals surface area (Å²) in [6.07, 6.45) is 0.875. The molecule has 0 aromatic carbocycles. The van der Waals surface area contributed by atoms with Gasteiger partial charge in [-0.1, -0.05) is 20.8 Å². The van der Waals surface area contributed by atoms with Crippen molar-refractivity contribution in [2.24, 2.45) is 5.92 Å². The lowest BCUT2D eigenvalue weighted by atomic mass is 9.91. The van der Waals surface area contributed by atoms with Gasteiger partial charge in [-0.25, -0.2) is 0 Å². The van der Waals surface area contributed by atoms with Crippen molar-refractivity contribution >= 4 is 5.91 Å². The van der Waals surface area contributed by atoms with Gasteiger partial charge in [0.15, 0.2) is 0 Å². The van der Waals surface area contributed by atoms with E-state index in [-0.39, 0.29) is 17.9 Å². The average Bonchev–Trinajstić information content (AvgIpc) is 2.03. The number of hydrogen-bond donors (Lipinski definition) is 2. The summed E-state index contributed by atoms with van der Waals surface area (Å²) in [5, 5.41) is 12.6. The topological polar surface area (TPSA) is 49.3 Å². The zero-order valence-corrected chi connectivity index (χ0v) is 9.22. The summed E-state index contributed by atoms with van der Waals surface area (Å²) in [4.78, 5) is 11.5. The maximum Gasteiger partial charge on any atom is 0.252 e. The van der Waals surface area contributed by atoms with Crippen LogP contribution in [0.5, 0.6) is 0 Å². The Balaban J connectivity index is 4.25. The molecule has 3 nitrogen and oxygen atoms in total. The zero-order valence-electron chi connectivity index (χ0n) is 9.22. The van der Waals surface area contributed by atoms with E-state index in [0.717, 1.165) is 6.42 Å². The van der Waals surface area contributed by atoms with Crippen molar-refractivity contribution < 1.29 is 9.90 Å². The monoisotopic (exact) mass is 187 g/mol. The molecule has 0 aromatic heterocycles. The molecule has 1 unspecified atom stereocenters. The van der Waals surface area contributed by atoms with Crippen LogP contribution in [0.2, 0.25) is 0 Å². The summed E-state index contributed by atoms with van der Waals surface area (Å²) in [7, 11) is 0. The van der Waals surface area contributed by atoms with E-state index >= 15 is 0 Å². The van der Waals surface area contributed by atoms with Gasteiger partial charge in [-0.15, -0.1) is 0 Å². The molecule has 0 aliphatic carbocycles. The minimum absolute atomic E-state index is 0.0726. The van der Waals surface area contributed by atoms with Crippen molar-refractivity contribution in [1.29, 1.82) is 0 Å². The first-order valence-corrected chi connectivity index (χ1v) is 4.85. The molecule has 3 heteroatoms. The molecule has 0 spiro atoms. The number of carbonyl (C=O) groups is 1. The standard InChI is InChI=1S/C10H21NO2/c1-6-8(4)11-9(12)10(5,13)7(2)3/h7-8,13H,6H2,1-5H3,(H,11,12)/t8-,10?/m1/s1. The minimum atomic E-state index is -1.26. The molecular weight excluding hydrogens is 166 g/mol. The number of carbonyl (C=O) groups excluding carboxylic acids is 1. The van der Waals surface area contributed by atoms with Crippen LogP contribution in [0.25, 0.3) is 0 Å². The molecule has 0 aliphatic rings. The summed E-state index contributed by atoms with van der Waals surface area (Å²) in [6, 6.07) is 0.123. The van der Waals surface area contributed by atoms with Gasteiger partial charge in [0.05, 0.1) is 0 Å². The largest absolute Gasteiger partial charge is 0.380 e. The van der Waals surface area contributed by atoms with Gasteiger partial charge in [0, 0.05) is 6.04 Å². The van der Waals surface area contributed by atoms with E-state index in [1.54, 1.807) is 6.92 Å². The van der Waals surface area contributed by atoms with E-state index in [4.69, 9.17) is 0 Å². The maximum absolute atomic E-state index is 11.5. The number of rotatable bonds is 4. The fourth-order valence-corrected chi connectivity index (χ4v) is 0.734. The van der Waals surface area contributed by atoms with E-state index in [2.05, 4.69) is 5.32 Å². The van der Waals surface area contributed by atoms with Crippen molar-refractivity contribution in [2.45, 2.75) is 52.7 Å². The van der Waals surface area contributed by atoms with Crippen LogP contribution in [-0.2, 0) is 4.79 Å². The Hall–Kier alpha value is -0.570. The third kappa shape index (κ3) is 3.35. The second-order valence-corrected chi connectivity index (χ2v) is 4.08. The minimum Gasteiger partial charge on any atom is -0.380 e. The first-order chi connectivity index (χ1) is 5.82. The Morgan fingerprint density at radius 2 is 1.92 bits per heavy atom. The second-order valence-electron chi connectivity index (χ2n) is 4.08. The molecule has 0 bridgehead atoms. The van der Waals surface area contributed by atoms with Crippen LogP contribution in [0.15, 0.2) is 0 Å². The van der Waals surface area contributed by atoms with E-state index in [1.807, 2.05) is 27.7 Å². The summed E-state index contributed by atoms with van der Waals surface area (Å²) in [6.45, 7) is 9.13. The molecular formula is C10H21NO2. The van der Waals surface area contributed by atoms with Gasteiger partial charge >= 0.3 is 0 Å². The lowest BCUT2D eigenvalue weighted by molar-refractivity contribution is -0.142. The van der Waals surface area contributed by atoms with Gasteiger partial charge in [-0.2, -0.15) is 0 Å². The predicted octanol–water partition coefficient (Wildman–Crippen LogP) is 1.31. The zero-order chi connectivity index (χ0) is 10.6. The number of nitrogens with one attached hydrogen (secondary N) is 1. The molecule has 13 heavy (non-hydrogen) atoms. The summed E-state index contributed by atoms with van der Waals surface area (Å²) < 4.78 is 0. The van der Waals surface area contributed by atoms with Crippen molar-refractivity contribution in [3.8, 4) is 0 Å². The molecule has 0 rings (SSSR count). The average molecular weight is 187 g/mol. The van der Waals surface area contributed by atoms with Gasteiger partial charge in [0.1, 0.15) is 5.60 Å². The van der Waals surface area contributed by atoms with E-state index in [9.17, 15) is 9.90 Å². The van der Waals surface area contributed by atoms with Gasteiger partial charge < -0.3 is 10.4 Å². The Morgan fingerprint density at radius 3 is 2.23 bits per heavy atom. The number of hydrogen-bond acceptors (Lipinski definition) is 2. The highest BCUT2D eigenvalue weighted by atomic mass is 16.3. The lowest BCUT2D eigenvalue weighted by Crippen LogP contribution is -2.50. The quantitative estimate of drug-likeness (QED) is 0.697. The maximum atomic E-state index is 11.5. The Morgan fingerprint density at radius 1 is 1.46 bits per heavy atom. The van der Waals surface area contributed by atoms with Crippen LogP contribution in [-0.4, -0.2) is 22.7 Å². The van der Waals surface area contributed by atoms with Crippen molar-refractivity contribution in [2.75, 3.05) is 0 Å². The SMILES string of the molecule is CC[C@@H](C)NC(=O)C(C)(O)C(C)C.